The maximum Gasteiger partial charge on any atom is 0.134 e. The summed E-state index contributed by atoms with van der Waals surface area (Å²) in [6.45, 7) is 5.18. The van der Waals surface area contributed by atoms with Crippen molar-refractivity contribution >= 4 is 5.82 Å². The van der Waals surface area contributed by atoms with E-state index >= 15 is 0 Å². The number of aliphatic hydroxyl groups is 1. The van der Waals surface area contributed by atoms with E-state index in [4.69, 9.17) is 0 Å². The summed E-state index contributed by atoms with van der Waals surface area (Å²) in [5.41, 5.74) is 0.954. The van der Waals surface area contributed by atoms with E-state index in [0.717, 1.165) is 36.4 Å². The van der Waals surface area contributed by atoms with Crippen molar-refractivity contribution in [3.05, 3.63) is 23.9 Å². The van der Waals surface area contributed by atoms with Crippen LogP contribution in [0.3, 0.4) is 0 Å². The highest BCUT2D eigenvalue weighted by molar-refractivity contribution is 5.48. The Morgan fingerprint density at radius 3 is 3.00 bits per heavy atom. The van der Waals surface area contributed by atoms with Crippen LogP contribution in [0.1, 0.15) is 37.9 Å². The van der Waals surface area contributed by atoms with Crippen LogP contribution in [0.5, 0.6) is 0 Å². The van der Waals surface area contributed by atoms with Crippen LogP contribution in [0, 0.1) is 5.92 Å². The zero-order chi connectivity index (χ0) is 14.1. The van der Waals surface area contributed by atoms with Gasteiger partial charge in [-0.1, -0.05) is 6.07 Å². The molecule has 2 aliphatic rings. The fourth-order valence-corrected chi connectivity index (χ4v) is 3.84. The number of nitrogens with zero attached hydrogens (tertiary/aromatic N) is 3. The number of pyridine rings is 1. The topological polar surface area (TPSA) is 39.6 Å². The third kappa shape index (κ3) is 2.54. The van der Waals surface area contributed by atoms with Crippen molar-refractivity contribution in [2.75, 3.05) is 31.6 Å². The zero-order valence-electron chi connectivity index (χ0n) is 12.5. The number of aromatic nitrogens is 1. The molecule has 20 heavy (non-hydrogen) atoms. The molecule has 110 valence electrons. The first-order valence-corrected chi connectivity index (χ1v) is 7.75. The van der Waals surface area contributed by atoms with Crippen molar-refractivity contribution < 1.29 is 5.11 Å². The summed E-state index contributed by atoms with van der Waals surface area (Å²) in [5.74, 6) is 1.72. The second-order valence-electron chi connectivity index (χ2n) is 6.28. The summed E-state index contributed by atoms with van der Waals surface area (Å²) < 4.78 is 0. The lowest BCUT2D eigenvalue weighted by Gasteiger charge is -2.46. The molecule has 2 fully saturated rings. The summed E-state index contributed by atoms with van der Waals surface area (Å²) in [5, 5.41) is 9.93. The Morgan fingerprint density at radius 2 is 2.20 bits per heavy atom. The first kappa shape index (κ1) is 13.8. The molecule has 1 aromatic rings. The quantitative estimate of drug-likeness (QED) is 0.897. The van der Waals surface area contributed by atoms with Crippen LogP contribution in [-0.2, 0) is 0 Å². The van der Waals surface area contributed by atoms with E-state index in [2.05, 4.69) is 21.8 Å². The van der Waals surface area contributed by atoms with Crippen LogP contribution in [0.4, 0.5) is 5.82 Å². The highest BCUT2D eigenvalue weighted by Gasteiger charge is 2.35. The van der Waals surface area contributed by atoms with Crippen LogP contribution >= 0.6 is 0 Å². The lowest BCUT2D eigenvalue weighted by Crippen LogP contribution is -2.53. The second-order valence-corrected chi connectivity index (χ2v) is 6.28. The van der Waals surface area contributed by atoms with Crippen molar-refractivity contribution in [1.82, 2.24) is 9.88 Å². The van der Waals surface area contributed by atoms with Crippen LogP contribution in [0.15, 0.2) is 18.3 Å². The van der Waals surface area contributed by atoms with Gasteiger partial charge in [-0.2, -0.15) is 0 Å². The molecule has 3 atom stereocenters. The molecule has 0 bridgehead atoms. The zero-order valence-corrected chi connectivity index (χ0v) is 12.5. The molecule has 0 saturated carbocycles. The van der Waals surface area contributed by atoms with Gasteiger partial charge in [0.15, 0.2) is 0 Å². The maximum absolute atomic E-state index is 9.93. The molecule has 2 aliphatic heterocycles. The van der Waals surface area contributed by atoms with E-state index in [-0.39, 0.29) is 0 Å². The first-order valence-electron chi connectivity index (χ1n) is 7.75. The Morgan fingerprint density at radius 1 is 1.35 bits per heavy atom. The summed E-state index contributed by atoms with van der Waals surface area (Å²) >= 11 is 0. The van der Waals surface area contributed by atoms with E-state index in [1.54, 1.807) is 0 Å². The smallest absolute Gasteiger partial charge is 0.134 e. The number of aliphatic hydroxyl groups excluding tert-OH is 1. The van der Waals surface area contributed by atoms with Crippen LogP contribution in [0.25, 0.3) is 0 Å². The molecule has 1 N–H and O–H groups in total. The molecule has 0 aliphatic carbocycles. The van der Waals surface area contributed by atoms with Crippen molar-refractivity contribution in [1.29, 1.82) is 0 Å². The van der Waals surface area contributed by atoms with Gasteiger partial charge in [-0.25, -0.2) is 4.98 Å². The van der Waals surface area contributed by atoms with E-state index in [1.807, 2.05) is 25.3 Å². The molecule has 3 heterocycles. The van der Waals surface area contributed by atoms with Gasteiger partial charge in [-0.3, -0.25) is 0 Å². The first-order chi connectivity index (χ1) is 9.66. The molecular formula is C16H25N3O. The fourth-order valence-electron chi connectivity index (χ4n) is 3.84. The number of hydrogen-bond acceptors (Lipinski definition) is 4. The molecule has 2 unspecified atom stereocenters. The lowest BCUT2D eigenvalue weighted by atomic mass is 9.84. The average Bonchev–Trinajstić information content (AvgIpc) is 2.47. The van der Waals surface area contributed by atoms with Crippen molar-refractivity contribution in [2.24, 2.45) is 5.92 Å². The van der Waals surface area contributed by atoms with Gasteiger partial charge in [0.2, 0.25) is 0 Å². The van der Waals surface area contributed by atoms with Gasteiger partial charge >= 0.3 is 0 Å². The Hall–Kier alpha value is -1.13. The van der Waals surface area contributed by atoms with Crippen LogP contribution in [0.2, 0.25) is 0 Å². The van der Waals surface area contributed by atoms with Crippen LogP contribution < -0.4 is 4.90 Å². The molecule has 4 nitrogen and oxygen atoms in total. The van der Waals surface area contributed by atoms with Crippen molar-refractivity contribution in [3.8, 4) is 0 Å². The van der Waals surface area contributed by atoms with Gasteiger partial charge in [0, 0.05) is 30.9 Å². The molecule has 3 rings (SSSR count). The van der Waals surface area contributed by atoms with Gasteiger partial charge in [0.05, 0.1) is 6.10 Å². The number of rotatable bonds is 2. The number of fused-ring (bicyclic) bond motifs is 1. The molecule has 0 aromatic carbocycles. The fraction of sp³-hybridized carbons (Fsp3) is 0.688. The molecule has 1 aromatic heterocycles. The minimum Gasteiger partial charge on any atom is -0.389 e. The summed E-state index contributed by atoms with van der Waals surface area (Å²) in [7, 11) is 2.26. The number of likely N-dealkylation sites (tertiary alicyclic amines) is 1. The lowest BCUT2D eigenvalue weighted by molar-refractivity contribution is 0.102. The van der Waals surface area contributed by atoms with E-state index in [0.29, 0.717) is 0 Å². The predicted octanol–water partition coefficient (Wildman–Crippen LogP) is 2.06. The summed E-state index contributed by atoms with van der Waals surface area (Å²) in [6, 6.07) is 4.64. The van der Waals surface area contributed by atoms with Gasteiger partial charge in [-0.05, 0) is 51.8 Å². The van der Waals surface area contributed by atoms with Crippen LogP contribution in [-0.4, -0.2) is 47.7 Å². The highest BCUT2D eigenvalue weighted by Crippen LogP contribution is 2.33. The predicted molar refractivity (Wildman–Crippen MR) is 80.8 cm³/mol. The van der Waals surface area contributed by atoms with Gasteiger partial charge < -0.3 is 14.9 Å². The molecule has 0 amide bonds. The Bertz CT molecular complexity index is 463. The minimum atomic E-state index is -0.453. The largest absolute Gasteiger partial charge is 0.389 e. The van der Waals surface area contributed by atoms with Gasteiger partial charge in [0.1, 0.15) is 5.82 Å². The van der Waals surface area contributed by atoms with Gasteiger partial charge in [-0.15, -0.1) is 0 Å². The summed E-state index contributed by atoms with van der Waals surface area (Å²) in [6.07, 6.45) is 5.21. The SMILES string of the molecule is C[C@@H](O)c1cccnc1N1CCC2C(CCCN2C)C1. The van der Waals surface area contributed by atoms with E-state index in [9.17, 15) is 5.11 Å². The number of hydrogen-bond donors (Lipinski definition) is 1. The van der Waals surface area contributed by atoms with Gasteiger partial charge in [0.25, 0.3) is 0 Å². The Labute approximate surface area is 121 Å². The highest BCUT2D eigenvalue weighted by atomic mass is 16.3. The summed E-state index contributed by atoms with van der Waals surface area (Å²) in [4.78, 5) is 9.44. The van der Waals surface area contributed by atoms with Crippen molar-refractivity contribution in [3.63, 3.8) is 0 Å². The molecular weight excluding hydrogens is 250 g/mol. The third-order valence-corrected chi connectivity index (χ3v) is 4.91. The molecule has 2 saturated heterocycles. The normalized spacial score (nSPS) is 29.1. The standard InChI is InChI=1S/C16H25N3O/c1-12(20)14-6-3-8-17-16(14)19-10-7-15-13(11-19)5-4-9-18(15)2/h3,6,8,12-13,15,20H,4-5,7,9-11H2,1-2H3/t12-,13?,15?/m1/s1. The number of piperidine rings is 2. The Kier molecular flexibility index (Phi) is 3.94. The molecule has 0 spiro atoms. The van der Waals surface area contributed by atoms with Crippen molar-refractivity contribution in [2.45, 2.75) is 38.3 Å². The minimum absolute atomic E-state index is 0.453. The number of anilines is 1. The average molecular weight is 275 g/mol. The molecule has 4 heteroatoms. The maximum atomic E-state index is 9.93. The van der Waals surface area contributed by atoms with E-state index in [1.165, 1.54) is 25.8 Å². The molecule has 0 radical (unpaired) electrons. The third-order valence-electron chi connectivity index (χ3n) is 4.91. The van der Waals surface area contributed by atoms with E-state index < -0.39 is 6.10 Å². The monoisotopic (exact) mass is 275 g/mol. The Balaban J connectivity index is 1.79. The second kappa shape index (κ2) is 5.70.